The maximum Gasteiger partial charge on any atom is 0.127 e. The van der Waals surface area contributed by atoms with Gasteiger partial charge < -0.3 is 5.73 Å². The lowest BCUT2D eigenvalue weighted by Gasteiger charge is -2.23. The van der Waals surface area contributed by atoms with Gasteiger partial charge in [-0.3, -0.25) is 4.90 Å². The zero-order chi connectivity index (χ0) is 12.3. The minimum Gasteiger partial charge on any atom is -0.326 e. The molecule has 0 amide bonds. The molecule has 1 aliphatic rings. The molecule has 17 heavy (non-hydrogen) atoms. The number of nitrogens with two attached hydrogens (primary N) is 1. The summed E-state index contributed by atoms with van der Waals surface area (Å²) >= 11 is 0. The Morgan fingerprint density at radius 1 is 1.47 bits per heavy atom. The maximum atomic E-state index is 13.7. The zero-order valence-corrected chi connectivity index (χ0v) is 10.5. The van der Waals surface area contributed by atoms with Crippen LogP contribution in [0.4, 0.5) is 4.39 Å². The highest BCUT2D eigenvalue weighted by molar-refractivity contribution is 5.25. The third-order valence-corrected chi connectivity index (χ3v) is 3.69. The fraction of sp³-hybridized carbons (Fsp3) is 0.571. The summed E-state index contributed by atoms with van der Waals surface area (Å²) in [5, 5.41) is 0. The Hall–Kier alpha value is -0.930. The van der Waals surface area contributed by atoms with Gasteiger partial charge in [0.25, 0.3) is 0 Å². The molecule has 2 rings (SSSR count). The molecule has 1 aromatic rings. The Bertz CT molecular complexity index is 378. The molecule has 1 atom stereocenters. The molecular weight excluding hydrogens is 215 g/mol. The van der Waals surface area contributed by atoms with Crippen molar-refractivity contribution >= 4 is 0 Å². The van der Waals surface area contributed by atoms with Crippen molar-refractivity contribution in [1.82, 2.24) is 4.90 Å². The van der Waals surface area contributed by atoms with E-state index >= 15 is 0 Å². The molecule has 1 fully saturated rings. The first kappa shape index (κ1) is 12.5. The van der Waals surface area contributed by atoms with E-state index in [2.05, 4.69) is 11.8 Å². The van der Waals surface area contributed by atoms with Gasteiger partial charge in [-0.25, -0.2) is 4.39 Å². The Kier molecular flexibility index (Phi) is 4.13. The summed E-state index contributed by atoms with van der Waals surface area (Å²) in [6.07, 6.45) is 3.63. The van der Waals surface area contributed by atoms with Crippen LogP contribution < -0.4 is 5.73 Å². The van der Waals surface area contributed by atoms with Crippen LogP contribution in [0, 0.1) is 5.82 Å². The van der Waals surface area contributed by atoms with E-state index in [1.165, 1.54) is 18.9 Å². The van der Waals surface area contributed by atoms with E-state index in [4.69, 9.17) is 5.73 Å². The first-order valence-electron chi connectivity index (χ1n) is 6.46. The van der Waals surface area contributed by atoms with Crippen LogP contribution in [0.15, 0.2) is 18.2 Å². The molecule has 2 nitrogen and oxygen atoms in total. The molecule has 1 saturated heterocycles. The van der Waals surface area contributed by atoms with Crippen LogP contribution in [-0.2, 0) is 13.1 Å². The summed E-state index contributed by atoms with van der Waals surface area (Å²) in [5.41, 5.74) is 7.39. The van der Waals surface area contributed by atoms with Crippen LogP contribution >= 0.6 is 0 Å². The molecule has 1 aliphatic heterocycles. The normalized spacial score (nSPS) is 21.0. The molecule has 1 unspecified atom stereocenters. The summed E-state index contributed by atoms with van der Waals surface area (Å²) < 4.78 is 13.7. The second-order valence-corrected chi connectivity index (χ2v) is 4.80. The van der Waals surface area contributed by atoms with Crippen LogP contribution in [-0.4, -0.2) is 17.5 Å². The summed E-state index contributed by atoms with van der Waals surface area (Å²) in [4.78, 5) is 2.39. The summed E-state index contributed by atoms with van der Waals surface area (Å²) in [5.74, 6) is -0.107. The average molecular weight is 236 g/mol. The van der Waals surface area contributed by atoms with Gasteiger partial charge in [0.2, 0.25) is 0 Å². The molecular formula is C14H21FN2. The minimum atomic E-state index is -0.107. The molecule has 94 valence electrons. The van der Waals surface area contributed by atoms with E-state index in [1.54, 1.807) is 6.07 Å². The second-order valence-electron chi connectivity index (χ2n) is 4.80. The molecule has 3 heteroatoms. The predicted octanol–water partition coefficient (Wildman–Crippen LogP) is 2.66. The predicted molar refractivity (Wildman–Crippen MR) is 68.0 cm³/mol. The van der Waals surface area contributed by atoms with Crippen molar-refractivity contribution in [3.8, 4) is 0 Å². The van der Waals surface area contributed by atoms with Crippen molar-refractivity contribution in [1.29, 1.82) is 0 Å². The van der Waals surface area contributed by atoms with Crippen LogP contribution in [0.1, 0.15) is 37.3 Å². The van der Waals surface area contributed by atoms with Crippen molar-refractivity contribution in [2.45, 2.75) is 45.3 Å². The van der Waals surface area contributed by atoms with Gasteiger partial charge in [0.15, 0.2) is 0 Å². The zero-order valence-electron chi connectivity index (χ0n) is 10.5. The molecule has 0 aromatic heterocycles. The van der Waals surface area contributed by atoms with Crippen molar-refractivity contribution in [3.05, 3.63) is 35.1 Å². The number of likely N-dealkylation sites (tertiary alicyclic amines) is 1. The molecule has 0 saturated carbocycles. The van der Waals surface area contributed by atoms with Gasteiger partial charge in [-0.1, -0.05) is 19.1 Å². The quantitative estimate of drug-likeness (QED) is 0.871. The topological polar surface area (TPSA) is 29.3 Å². The highest BCUT2D eigenvalue weighted by Crippen LogP contribution is 2.23. The second kappa shape index (κ2) is 5.61. The van der Waals surface area contributed by atoms with Gasteiger partial charge in [0, 0.05) is 24.7 Å². The molecule has 0 bridgehead atoms. The van der Waals surface area contributed by atoms with E-state index in [9.17, 15) is 4.39 Å². The van der Waals surface area contributed by atoms with Gasteiger partial charge in [0.05, 0.1) is 0 Å². The largest absolute Gasteiger partial charge is 0.326 e. The Morgan fingerprint density at radius 2 is 2.29 bits per heavy atom. The van der Waals surface area contributed by atoms with Gasteiger partial charge in [-0.05, 0) is 37.4 Å². The lowest BCUT2D eigenvalue weighted by Crippen LogP contribution is -2.28. The summed E-state index contributed by atoms with van der Waals surface area (Å²) in [6.45, 7) is 4.49. The molecule has 0 radical (unpaired) electrons. The molecule has 1 aromatic carbocycles. The SMILES string of the molecule is CCC1CCCN1Cc1cc(CN)ccc1F. The van der Waals surface area contributed by atoms with E-state index in [-0.39, 0.29) is 5.82 Å². The standard InChI is InChI=1S/C14H21FN2/c1-2-13-4-3-7-17(13)10-12-8-11(9-16)5-6-14(12)15/h5-6,8,13H,2-4,7,9-10,16H2,1H3. The number of halogens is 1. The fourth-order valence-electron chi connectivity index (χ4n) is 2.66. The van der Waals surface area contributed by atoms with Crippen molar-refractivity contribution in [2.24, 2.45) is 5.73 Å². The van der Waals surface area contributed by atoms with E-state index in [0.717, 1.165) is 30.6 Å². The Labute approximate surface area is 103 Å². The molecule has 0 aliphatic carbocycles. The number of benzene rings is 1. The smallest absolute Gasteiger partial charge is 0.127 e. The van der Waals surface area contributed by atoms with Crippen LogP contribution in [0.25, 0.3) is 0 Å². The maximum absolute atomic E-state index is 13.7. The van der Waals surface area contributed by atoms with Gasteiger partial charge in [-0.2, -0.15) is 0 Å². The lowest BCUT2D eigenvalue weighted by atomic mass is 10.1. The third kappa shape index (κ3) is 2.85. The summed E-state index contributed by atoms with van der Waals surface area (Å²) in [6, 6.07) is 5.82. The van der Waals surface area contributed by atoms with Crippen molar-refractivity contribution < 1.29 is 4.39 Å². The molecule has 1 heterocycles. The van der Waals surface area contributed by atoms with Crippen LogP contribution in [0.3, 0.4) is 0 Å². The molecule has 0 spiro atoms. The highest BCUT2D eigenvalue weighted by atomic mass is 19.1. The van der Waals surface area contributed by atoms with E-state index in [1.807, 2.05) is 6.07 Å². The summed E-state index contributed by atoms with van der Waals surface area (Å²) in [7, 11) is 0. The van der Waals surface area contributed by atoms with Crippen LogP contribution in [0.2, 0.25) is 0 Å². The first-order chi connectivity index (χ1) is 8.24. The number of hydrogen-bond acceptors (Lipinski definition) is 2. The van der Waals surface area contributed by atoms with Gasteiger partial charge in [0.1, 0.15) is 5.82 Å². The van der Waals surface area contributed by atoms with E-state index in [0.29, 0.717) is 12.6 Å². The monoisotopic (exact) mass is 236 g/mol. The average Bonchev–Trinajstić information content (AvgIpc) is 2.79. The van der Waals surface area contributed by atoms with Gasteiger partial charge in [-0.15, -0.1) is 0 Å². The number of hydrogen-bond donors (Lipinski definition) is 1. The number of nitrogens with zero attached hydrogens (tertiary/aromatic N) is 1. The fourth-order valence-corrected chi connectivity index (χ4v) is 2.66. The number of rotatable bonds is 4. The van der Waals surface area contributed by atoms with Crippen molar-refractivity contribution in [2.75, 3.05) is 6.54 Å². The van der Waals surface area contributed by atoms with Crippen LogP contribution in [0.5, 0.6) is 0 Å². The third-order valence-electron chi connectivity index (χ3n) is 3.69. The van der Waals surface area contributed by atoms with E-state index < -0.39 is 0 Å². The lowest BCUT2D eigenvalue weighted by molar-refractivity contribution is 0.237. The minimum absolute atomic E-state index is 0.107. The Balaban J connectivity index is 2.12. The Morgan fingerprint density at radius 3 is 3.00 bits per heavy atom. The molecule has 2 N–H and O–H groups in total. The first-order valence-corrected chi connectivity index (χ1v) is 6.46. The van der Waals surface area contributed by atoms with Gasteiger partial charge >= 0.3 is 0 Å². The van der Waals surface area contributed by atoms with Crippen molar-refractivity contribution in [3.63, 3.8) is 0 Å². The highest BCUT2D eigenvalue weighted by Gasteiger charge is 2.23.